The van der Waals surface area contributed by atoms with Gasteiger partial charge in [0.2, 0.25) is 0 Å². The Morgan fingerprint density at radius 3 is 2.48 bits per heavy atom. The molecular weight excluding hydrogens is 472 g/mol. The highest BCUT2D eigenvalue weighted by molar-refractivity contribution is 14.0. The van der Waals surface area contributed by atoms with Crippen molar-refractivity contribution >= 4 is 29.9 Å². The smallest absolute Gasteiger partial charge is 0.403 e. The second kappa shape index (κ2) is 10.9. The zero-order chi connectivity index (χ0) is 19.2. The number of piperazine rings is 1. The number of nitrogens with zero attached hydrogens (tertiary/aromatic N) is 3. The Kier molecular flexibility index (Phi) is 9.65. The molecule has 1 saturated heterocycles. The Labute approximate surface area is 176 Å². The lowest BCUT2D eigenvalue weighted by Crippen LogP contribution is -2.56. The van der Waals surface area contributed by atoms with E-state index in [9.17, 15) is 13.2 Å². The standard InChI is InChI=1S/C18H27F3N4O.HI/c1-4-26-16-7-5-6-15(12-16)13-23-17(22-3)25-10-8-24(9-11-25)14(2)18(19,20)21;/h5-7,12,14H,4,8-11,13H2,1-3H3,(H,22,23);1H. The van der Waals surface area contributed by atoms with Crippen LogP contribution in [0.4, 0.5) is 13.2 Å². The number of ether oxygens (including phenoxy) is 1. The van der Waals surface area contributed by atoms with Crippen LogP contribution < -0.4 is 10.1 Å². The van der Waals surface area contributed by atoms with Crippen LogP contribution in [0.25, 0.3) is 0 Å². The molecule has 1 heterocycles. The lowest BCUT2D eigenvalue weighted by Gasteiger charge is -2.39. The fraction of sp³-hybridized carbons (Fsp3) is 0.611. The molecule has 27 heavy (non-hydrogen) atoms. The maximum absolute atomic E-state index is 12.8. The summed E-state index contributed by atoms with van der Waals surface area (Å²) in [4.78, 5) is 7.72. The molecule has 0 spiro atoms. The Hall–Kier alpha value is -1.23. The summed E-state index contributed by atoms with van der Waals surface area (Å²) in [5.74, 6) is 1.52. The molecule has 1 aromatic rings. The predicted octanol–water partition coefficient (Wildman–Crippen LogP) is 3.35. The average molecular weight is 500 g/mol. The van der Waals surface area contributed by atoms with E-state index in [1.165, 1.54) is 11.8 Å². The molecule has 0 bridgehead atoms. The van der Waals surface area contributed by atoms with Gasteiger partial charge in [0.15, 0.2) is 5.96 Å². The highest BCUT2D eigenvalue weighted by Gasteiger charge is 2.41. The SMILES string of the molecule is CCOc1cccc(CNC(=NC)N2CCN(C(C)C(F)(F)F)CC2)c1.I. The molecular formula is C18H28F3IN4O. The van der Waals surface area contributed by atoms with Gasteiger partial charge in [0, 0.05) is 39.8 Å². The first-order valence-electron chi connectivity index (χ1n) is 8.83. The second-order valence-corrected chi connectivity index (χ2v) is 6.22. The van der Waals surface area contributed by atoms with E-state index in [1.807, 2.05) is 36.1 Å². The maximum atomic E-state index is 12.8. The number of aliphatic imine (C=N–C) groups is 1. The number of hydrogen-bond donors (Lipinski definition) is 1. The van der Waals surface area contributed by atoms with Gasteiger partial charge in [-0.15, -0.1) is 24.0 Å². The van der Waals surface area contributed by atoms with Crippen molar-refractivity contribution in [2.75, 3.05) is 39.8 Å². The normalized spacial score (nSPS) is 17.3. The van der Waals surface area contributed by atoms with Gasteiger partial charge in [0.05, 0.1) is 6.61 Å². The summed E-state index contributed by atoms with van der Waals surface area (Å²) in [6, 6.07) is 6.38. The molecule has 0 aromatic heterocycles. The minimum atomic E-state index is -4.19. The van der Waals surface area contributed by atoms with Gasteiger partial charge in [-0.05, 0) is 31.5 Å². The molecule has 9 heteroatoms. The summed E-state index contributed by atoms with van der Waals surface area (Å²) in [7, 11) is 1.68. The van der Waals surface area contributed by atoms with E-state index in [2.05, 4.69) is 10.3 Å². The molecule has 0 aliphatic carbocycles. The van der Waals surface area contributed by atoms with Crippen molar-refractivity contribution in [1.82, 2.24) is 15.1 Å². The van der Waals surface area contributed by atoms with E-state index in [0.717, 1.165) is 11.3 Å². The average Bonchev–Trinajstić information content (AvgIpc) is 2.62. The lowest BCUT2D eigenvalue weighted by atomic mass is 10.2. The number of benzene rings is 1. The first-order chi connectivity index (χ1) is 12.3. The summed E-state index contributed by atoms with van der Waals surface area (Å²) in [6.07, 6.45) is -4.19. The van der Waals surface area contributed by atoms with E-state index in [0.29, 0.717) is 45.3 Å². The lowest BCUT2D eigenvalue weighted by molar-refractivity contribution is -0.181. The topological polar surface area (TPSA) is 40.1 Å². The Balaban J connectivity index is 0.00000364. The van der Waals surface area contributed by atoms with Gasteiger partial charge < -0.3 is 15.0 Å². The molecule has 0 radical (unpaired) electrons. The van der Waals surface area contributed by atoms with Crippen molar-refractivity contribution in [3.8, 4) is 5.75 Å². The Morgan fingerprint density at radius 1 is 1.26 bits per heavy atom. The van der Waals surface area contributed by atoms with Gasteiger partial charge in [-0.2, -0.15) is 13.2 Å². The van der Waals surface area contributed by atoms with Gasteiger partial charge in [0.1, 0.15) is 11.8 Å². The third-order valence-electron chi connectivity index (χ3n) is 4.51. The fourth-order valence-corrected chi connectivity index (χ4v) is 2.95. The number of rotatable bonds is 5. The molecule has 1 N–H and O–H groups in total. The van der Waals surface area contributed by atoms with Crippen molar-refractivity contribution in [3.05, 3.63) is 29.8 Å². The summed E-state index contributed by atoms with van der Waals surface area (Å²) in [5, 5.41) is 3.28. The first kappa shape index (κ1) is 23.8. The van der Waals surface area contributed by atoms with Crippen LogP contribution in [0.5, 0.6) is 5.75 Å². The van der Waals surface area contributed by atoms with Gasteiger partial charge in [-0.3, -0.25) is 9.89 Å². The van der Waals surface area contributed by atoms with E-state index < -0.39 is 12.2 Å². The van der Waals surface area contributed by atoms with Gasteiger partial charge in [-0.25, -0.2) is 0 Å². The second-order valence-electron chi connectivity index (χ2n) is 6.22. The number of alkyl halides is 3. The molecule has 2 rings (SSSR count). The van der Waals surface area contributed by atoms with E-state index in [1.54, 1.807) is 7.05 Å². The quantitative estimate of drug-likeness (QED) is 0.383. The zero-order valence-corrected chi connectivity index (χ0v) is 18.3. The molecule has 1 aliphatic rings. The van der Waals surface area contributed by atoms with Crippen LogP contribution >= 0.6 is 24.0 Å². The molecule has 1 unspecified atom stereocenters. The summed E-state index contributed by atoms with van der Waals surface area (Å²) < 4.78 is 44.0. The van der Waals surface area contributed by atoms with Gasteiger partial charge in [0.25, 0.3) is 0 Å². The van der Waals surface area contributed by atoms with Crippen LogP contribution in [0.1, 0.15) is 19.4 Å². The maximum Gasteiger partial charge on any atom is 0.403 e. The molecule has 1 aromatic carbocycles. The third kappa shape index (κ3) is 7.02. The zero-order valence-electron chi connectivity index (χ0n) is 15.9. The first-order valence-corrected chi connectivity index (χ1v) is 8.83. The number of guanidine groups is 1. The van der Waals surface area contributed by atoms with Crippen LogP contribution in [-0.4, -0.2) is 67.8 Å². The van der Waals surface area contributed by atoms with Crippen molar-refractivity contribution in [3.63, 3.8) is 0 Å². The van der Waals surface area contributed by atoms with Crippen LogP contribution in [-0.2, 0) is 6.54 Å². The molecule has 154 valence electrons. The summed E-state index contributed by atoms with van der Waals surface area (Å²) in [5.41, 5.74) is 1.06. The summed E-state index contributed by atoms with van der Waals surface area (Å²) in [6.45, 7) is 6.09. The molecule has 1 aliphatic heterocycles. The number of hydrogen-bond acceptors (Lipinski definition) is 3. The molecule has 5 nitrogen and oxygen atoms in total. The van der Waals surface area contributed by atoms with Crippen LogP contribution in [0.15, 0.2) is 29.3 Å². The Morgan fingerprint density at radius 2 is 1.93 bits per heavy atom. The van der Waals surface area contributed by atoms with Crippen LogP contribution in [0.2, 0.25) is 0 Å². The van der Waals surface area contributed by atoms with Crippen LogP contribution in [0, 0.1) is 0 Å². The number of nitrogens with one attached hydrogen (secondary N) is 1. The molecule has 0 amide bonds. The monoisotopic (exact) mass is 500 g/mol. The van der Waals surface area contributed by atoms with Crippen molar-refractivity contribution in [1.29, 1.82) is 0 Å². The van der Waals surface area contributed by atoms with Crippen molar-refractivity contribution in [2.24, 2.45) is 4.99 Å². The largest absolute Gasteiger partial charge is 0.494 e. The predicted molar refractivity (Wildman–Crippen MR) is 112 cm³/mol. The highest BCUT2D eigenvalue weighted by Crippen LogP contribution is 2.25. The van der Waals surface area contributed by atoms with Crippen molar-refractivity contribution in [2.45, 2.75) is 32.6 Å². The molecule has 0 saturated carbocycles. The van der Waals surface area contributed by atoms with E-state index >= 15 is 0 Å². The summed E-state index contributed by atoms with van der Waals surface area (Å²) >= 11 is 0. The molecule has 1 atom stereocenters. The van der Waals surface area contributed by atoms with E-state index in [4.69, 9.17) is 4.74 Å². The minimum absolute atomic E-state index is 0. The Bertz CT molecular complexity index is 605. The van der Waals surface area contributed by atoms with Crippen LogP contribution in [0.3, 0.4) is 0 Å². The van der Waals surface area contributed by atoms with E-state index in [-0.39, 0.29) is 24.0 Å². The minimum Gasteiger partial charge on any atom is -0.494 e. The third-order valence-corrected chi connectivity index (χ3v) is 4.51. The van der Waals surface area contributed by atoms with Crippen molar-refractivity contribution < 1.29 is 17.9 Å². The fourth-order valence-electron chi connectivity index (χ4n) is 2.95. The molecule has 1 fully saturated rings. The number of halogens is 4. The highest BCUT2D eigenvalue weighted by atomic mass is 127. The van der Waals surface area contributed by atoms with Gasteiger partial charge in [-0.1, -0.05) is 12.1 Å². The van der Waals surface area contributed by atoms with Gasteiger partial charge >= 0.3 is 6.18 Å².